The molecule has 0 saturated heterocycles. The predicted molar refractivity (Wildman–Crippen MR) is 81.4 cm³/mol. The summed E-state index contributed by atoms with van der Waals surface area (Å²) in [4.78, 5) is 20.5. The first-order valence-electron chi connectivity index (χ1n) is 7.03. The van der Waals surface area contributed by atoms with E-state index >= 15 is 0 Å². The third kappa shape index (κ3) is 3.77. The first kappa shape index (κ1) is 15.0. The summed E-state index contributed by atoms with van der Waals surface area (Å²) in [5, 5.41) is 10.2. The summed E-state index contributed by atoms with van der Waals surface area (Å²) in [6, 6.07) is 0. The quantitative estimate of drug-likeness (QED) is 0.847. The number of aryl methyl sites for hydroxylation is 2. The van der Waals surface area contributed by atoms with Crippen molar-refractivity contribution in [2.75, 3.05) is 17.2 Å². The van der Waals surface area contributed by atoms with Gasteiger partial charge < -0.3 is 10.6 Å². The van der Waals surface area contributed by atoms with Gasteiger partial charge in [0, 0.05) is 19.8 Å². The standard InChI is InChI=1S/C14H20N6O/c1-4-6-16-13-8-15-7-11(17-13)14(21)18-12-9-20(3)19-10(12)5-2/h7-9H,4-6H2,1-3H3,(H,16,17)(H,18,21). The first-order chi connectivity index (χ1) is 10.1. The first-order valence-corrected chi connectivity index (χ1v) is 7.03. The molecular formula is C14H20N6O. The van der Waals surface area contributed by atoms with E-state index in [1.54, 1.807) is 17.1 Å². The topological polar surface area (TPSA) is 84.7 Å². The zero-order chi connectivity index (χ0) is 15.2. The van der Waals surface area contributed by atoms with Crippen LogP contribution in [0.3, 0.4) is 0 Å². The lowest BCUT2D eigenvalue weighted by atomic mass is 10.3. The Balaban J connectivity index is 2.12. The fourth-order valence-corrected chi connectivity index (χ4v) is 1.90. The van der Waals surface area contributed by atoms with Gasteiger partial charge in [-0.15, -0.1) is 0 Å². The van der Waals surface area contributed by atoms with Crippen molar-refractivity contribution in [3.63, 3.8) is 0 Å². The Hall–Kier alpha value is -2.44. The van der Waals surface area contributed by atoms with Crippen LogP contribution in [0.15, 0.2) is 18.6 Å². The minimum Gasteiger partial charge on any atom is -0.369 e. The number of amides is 1. The van der Waals surface area contributed by atoms with Crippen LogP contribution in [0.5, 0.6) is 0 Å². The van der Waals surface area contributed by atoms with E-state index in [2.05, 4.69) is 32.6 Å². The molecule has 21 heavy (non-hydrogen) atoms. The molecule has 0 aliphatic carbocycles. The molecule has 2 rings (SSSR count). The van der Waals surface area contributed by atoms with Crippen LogP contribution < -0.4 is 10.6 Å². The summed E-state index contributed by atoms with van der Waals surface area (Å²) >= 11 is 0. The third-order valence-corrected chi connectivity index (χ3v) is 2.91. The molecule has 2 aromatic heterocycles. The normalized spacial score (nSPS) is 10.4. The molecule has 0 unspecified atom stereocenters. The van der Waals surface area contributed by atoms with Gasteiger partial charge in [0.05, 0.1) is 23.8 Å². The van der Waals surface area contributed by atoms with Crippen LogP contribution in [0.25, 0.3) is 0 Å². The highest BCUT2D eigenvalue weighted by molar-refractivity contribution is 6.03. The molecule has 0 saturated carbocycles. The molecule has 2 aromatic rings. The largest absolute Gasteiger partial charge is 0.369 e. The highest BCUT2D eigenvalue weighted by Gasteiger charge is 2.13. The molecule has 0 spiro atoms. The van der Waals surface area contributed by atoms with Crippen LogP contribution in [0.2, 0.25) is 0 Å². The van der Waals surface area contributed by atoms with Gasteiger partial charge in [-0.1, -0.05) is 13.8 Å². The number of nitrogens with zero attached hydrogens (tertiary/aromatic N) is 4. The Morgan fingerprint density at radius 3 is 2.86 bits per heavy atom. The molecule has 0 fully saturated rings. The molecule has 0 aliphatic heterocycles. The van der Waals surface area contributed by atoms with Crippen molar-refractivity contribution in [2.45, 2.75) is 26.7 Å². The molecule has 0 aromatic carbocycles. The maximum atomic E-state index is 12.2. The van der Waals surface area contributed by atoms with Gasteiger partial charge in [-0.3, -0.25) is 14.5 Å². The molecule has 0 aliphatic rings. The Morgan fingerprint density at radius 1 is 1.33 bits per heavy atom. The van der Waals surface area contributed by atoms with Gasteiger partial charge in [0.25, 0.3) is 5.91 Å². The zero-order valence-corrected chi connectivity index (χ0v) is 12.6. The van der Waals surface area contributed by atoms with E-state index in [-0.39, 0.29) is 11.6 Å². The molecular weight excluding hydrogens is 268 g/mol. The van der Waals surface area contributed by atoms with Crippen molar-refractivity contribution in [1.29, 1.82) is 0 Å². The lowest BCUT2D eigenvalue weighted by Crippen LogP contribution is -2.16. The molecule has 0 atom stereocenters. The second kappa shape index (κ2) is 6.83. The Morgan fingerprint density at radius 2 is 2.14 bits per heavy atom. The van der Waals surface area contributed by atoms with Crippen molar-refractivity contribution in [3.8, 4) is 0 Å². The lowest BCUT2D eigenvalue weighted by Gasteiger charge is -2.06. The second-order valence-corrected chi connectivity index (χ2v) is 4.69. The average molecular weight is 288 g/mol. The van der Waals surface area contributed by atoms with E-state index in [0.29, 0.717) is 11.5 Å². The van der Waals surface area contributed by atoms with E-state index in [9.17, 15) is 4.79 Å². The number of nitrogens with one attached hydrogen (secondary N) is 2. The van der Waals surface area contributed by atoms with Crippen LogP contribution >= 0.6 is 0 Å². The van der Waals surface area contributed by atoms with Crippen LogP contribution in [-0.4, -0.2) is 32.2 Å². The fourth-order valence-electron chi connectivity index (χ4n) is 1.90. The molecule has 2 N–H and O–H groups in total. The van der Waals surface area contributed by atoms with Gasteiger partial charge in [0.1, 0.15) is 11.5 Å². The van der Waals surface area contributed by atoms with E-state index in [4.69, 9.17) is 0 Å². The monoisotopic (exact) mass is 288 g/mol. The Labute approximate surface area is 123 Å². The Kier molecular flexibility index (Phi) is 4.86. The van der Waals surface area contributed by atoms with Crippen molar-refractivity contribution >= 4 is 17.4 Å². The smallest absolute Gasteiger partial charge is 0.276 e. The molecule has 2 heterocycles. The minimum atomic E-state index is -0.287. The number of hydrogen-bond acceptors (Lipinski definition) is 5. The van der Waals surface area contributed by atoms with E-state index < -0.39 is 0 Å². The van der Waals surface area contributed by atoms with E-state index in [1.807, 2.05) is 14.0 Å². The molecule has 7 heteroatoms. The summed E-state index contributed by atoms with van der Waals surface area (Å²) in [5.41, 5.74) is 1.83. The van der Waals surface area contributed by atoms with Crippen molar-refractivity contribution < 1.29 is 4.79 Å². The lowest BCUT2D eigenvalue weighted by molar-refractivity contribution is 0.102. The maximum absolute atomic E-state index is 12.2. The third-order valence-electron chi connectivity index (χ3n) is 2.91. The summed E-state index contributed by atoms with van der Waals surface area (Å²) in [7, 11) is 1.82. The number of carbonyl (C=O) groups is 1. The SMILES string of the molecule is CCCNc1cncc(C(=O)Nc2cn(C)nc2CC)n1. The van der Waals surface area contributed by atoms with Gasteiger partial charge in [-0.25, -0.2) is 4.98 Å². The van der Waals surface area contributed by atoms with Crippen molar-refractivity contribution in [1.82, 2.24) is 19.7 Å². The van der Waals surface area contributed by atoms with Crippen LogP contribution in [0.1, 0.15) is 36.5 Å². The molecule has 7 nitrogen and oxygen atoms in total. The molecule has 1 amide bonds. The van der Waals surface area contributed by atoms with Crippen LogP contribution in [-0.2, 0) is 13.5 Å². The average Bonchev–Trinajstić information content (AvgIpc) is 2.85. The molecule has 0 radical (unpaired) electrons. The van der Waals surface area contributed by atoms with Gasteiger partial charge in [-0.05, 0) is 12.8 Å². The highest BCUT2D eigenvalue weighted by Crippen LogP contribution is 2.15. The minimum absolute atomic E-state index is 0.280. The zero-order valence-electron chi connectivity index (χ0n) is 12.6. The van der Waals surface area contributed by atoms with Crippen LogP contribution in [0, 0.1) is 0 Å². The van der Waals surface area contributed by atoms with E-state index in [1.165, 1.54) is 6.20 Å². The number of aromatic nitrogens is 4. The van der Waals surface area contributed by atoms with Gasteiger partial charge in [0.15, 0.2) is 0 Å². The highest BCUT2D eigenvalue weighted by atomic mass is 16.1. The fraction of sp³-hybridized carbons (Fsp3) is 0.429. The van der Waals surface area contributed by atoms with Gasteiger partial charge in [-0.2, -0.15) is 5.10 Å². The summed E-state index contributed by atoms with van der Waals surface area (Å²) in [6.45, 7) is 4.85. The molecule has 0 bridgehead atoms. The predicted octanol–water partition coefficient (Wildman–Crippen LogP) is 1.85. The van der Waals surface area contributed by atoms with Crippen molar-refractivity contribution in [3.05, 3.63) is 30.0 Å². The number of rotatable bonds is 6. The second-order valence-electron chi connectivity index (χ2n) is 4.69. The van der Waals surface area contributed by atoms with E-state index in [0.717, 1.165) is 25.1 Å². The Bertz CT molecular complexity index is 622. The van der Waals surface area contributed by atoms with Crippen molar-refractivity contribution in [2.24, 2.45) is 7.05 Å². The summed E-state index contributed by atoms with van der Waals surface area (Å²) in [5.74, 6) is 0.316. The summed E-state index contributed by atoms with van der Waals surface area (Å²) in [6.07, 6.45) is 6.57. The molecule has 112 valence electrons. The van der Waals surface area contributed by atoms with Gasteiger partial charge >= 0.3 is 0 Å². The number of hydrogen-bond donors (Lipinski definition) is 2. The number of carbonyl (C=O) groups excluding carboxylic acids is 1. The van der Waals surface area contributed by atoms with Crippen LogP contribution in [0.4, 0.5) is 11.5 Å². The van der Waals surface area contributed by atoms with Gasteiger partial charge in [0.2, 0.25) is 0 Å². The maximum Gasteiger partial charge on any atom is 0.276 e. The summed E-state index contributed by atoms with van der Waals surface area (Å²) < 4.78 is 1.68. The number of anilines is 2.